The Morgan fingerprint density at radius 3 is 0.734 bits per heavy atom. The highest BCUT2D eigenvalue weighted by Gasteiger charge is 2.21. The van der Waals surface area contributed by atoms with Crippen LogP contribution < -0.4 is 0 Å². The maximum absolute atomic E-state index is 4.48. The molecule has 0 amide bonds. The molecule has 14 unspecified atom stereocenters. The summed E-state index contributed by atoms with van der Waals surface area (Å²) >= 11 is 0. The van der Waals surface area contributed by atoms with Gasteiger partial charge in [-0.05, 0) is 204 Å². The molecule has 0 N–H and O–H groups in total. The average molecular weight is 894 g/mol. The molecule has 14 atom stereocenters. The summed E-state index contributed by atoms with van der Waals surface area (Å²) in [4.78, 5) is 0. The van der Waals surface area contributed by atoms with E-state index in [1.54, 1.807) is 0 Å². The van der Waals surface area contributed by atoms with Crippen molar-refractivity contribution in [2.24, 2.45) is 94.7 Å². The third-order valence-electron chi connectivity index (χ3n) is 15.7. The fraction of sp³-hybridized carbons (Fsp3) is 0.875. The monoisotopic (exact) mass is 893 g/mol. The van der Waals surface area contributed by atoms with Gasteiger partial charge < -0.3 is 0 Å². The Hall–Kier alpha value is -1.04. The van der Waals surface area contributed by atoms with Gasteiger partial charge in [0.1, 0.15) is 0 Å². The van der Waals surface area contributed by atoms with Gasteiger partial charge in [0, 0.05) is 0 Å². The van der Waals surface area contributed by atoms with Crippen molar-refractivity contribution in [1.82, 2.24) is 0 Å². The lowest BCUT2D eigenvalue weighted by molar-refractivity contribution is 0.289. The van der Waals surface area contributed by atoms with Crippen LogP contribution in [0.1, 0.15) is 267 Å². The Bertz CT molecular complexity index is 1180. The molecule has 0 aromatic heterocycles. The molecule has 0 radical (unpaired) electrons. The van der Waals surface area contributed by atoms with Gasteiger partial charge in [0.25, 0.3) is 0 Å². The quantitative estimate of drug-likeness (QED) is 0.0428. The second kappa shape index (κ2) is 36.9. The molecule has 0 saturated heterocycles. The van der Waals surface area contributed by atoms with E-state index in [1.807, 2.05) is 0 Å². The van der Waals surface area contributed by atoms with Gasteiger partial charge in [-0.3, -0.25) is 0 Å². The van der Waals surface area contributed by atoms with Crippen LogP contribution in [0.4, 0.5) is 0 Å². The molecule has 0 aromatic carbocycles. The van der Waals surface area contributed by atoms with E-state index in [4.69, 9.17) is 0 Å². The summed E-state index contributed by atoms with van der Waals surface area (Å²) < 4.78 is 0. The van der Waals surface area contributed by atoms with Crippen molar-refractivity contribution in [2.75, 3.05) is 0 Å². The molecule has 0 heterocycles. The molecule has 0 aliphatic heterocycles. The Morgan fingerprint density at radius 2 is 0.484 bits per heavy atom. The molecule has 0 heteroatoms. The topological polar surface area (TPSA) is 0 Å². The molecular formula is C64H124. The van der Waals surface area contributed by atoms with Gasteiger partial charge in [0.05, 0.1) is 0 Å². The zero-order valence-electron chi connectivity index (χ0n) is 48.2. The Balaban J connectivity index is 0. The second-order valence-corrected chi connectivity index (χ2v) is 25.5. The summed E-state index contributed by atoms with van der Waals surface area (Å²) in [6, 6.07) is 0. The predicted octanol–water partition coefficient (Wildman–Crippen LogP) is 22.3. The van der Waals surface area contributed by atoms with Crippen LogP contribution in [0.2, 0.25) is 0 Å². The van der Waals surface area contributed by atoms with Crippen molar-refractivity contribution < 1.29 is 0 Å². The van der Waals surface area contributed by atoms with Crippen LogP contribution in [-0.4, -0.2) is 0 Å². The highest BCUT2D eigenvalue weighted by molar-refractivity contribution is 5.14. The number of hydrogen-bond donors (Lipinski definition) is 0. The molecule has 0 fully saturated rings. The van der Waals surface area contributed by atoms with Gasteiger partial charge in [0.2, 0.25) is 0 Å². The Kier molecular flexibility index (Phi) is 37.5. The number of rotatable bonds is 38. The molecule has 0 aliphatic rings. The van der Waals surface area contributed by atoms with Crippen LogP contribution in [-0.2, 0) is 0 Å². The Morgan fingerprint density at radius 1 is 0.266 bits per heavy atom. The summed E-state index contributed by atoms with van der Waals surface area (Å²) in [5, 5.41) is 0. The smallest absolute Gasteiger partial charge is 0.0109 e. The first-order valence-electron chi connectivity index (χ1n) is 28.4. The van der Waals surface area contributed by atoms with Crippen LogP contribution in [0.25, 0.3) is 0 Å². The third kappa shape index (κ3) is 35.2. The van der Waals surface area contributed by atoms with E-state index >= 15 is 0 Å². The van der Waals surface area contributed by atoms with Gasteiger partial charge in [-0.25, -0.2) is 0 Å². The summed E-state index contributed by atoms with van der Waals surface area (Å²) in [6.45, 7) is 65.7. The second-order valence-electron chi connectivity index (χ2n) is 25.5. The van der Waals surface area contributed by atoms with Crippen LogP contribution in [0.5, 0.6) is 0 Å². The average Bonchev–Trinajstić information content (AvgIpc) is 3.16. The van der Waals surface area contributed by atoms with Gasteiger partial charge >= 0.3 is 0 Å². The normalized spacial score (nSPS) is 18.6. The van der Waals surface area contributed by atoms with Crippen molar-refractivity contribution in [3.8, 4) is 0 Å². The van der Waals surface area contributed by atoms with Crippen LogP contribution >= 0.6 is 0 Å². The van der Waals surface area contributed by atoms with E-state index in [0.29, 0.717) is 23.7 Å². The van der Waals surface area contributed by atoms with E-state index in [9.17, 15) is 0 Å². The molecule has 0 rings (SSSR count). The molecule has 64 heavy (non-hydrogen) atoms. The van der Waals surface area contributed by atoms with E-state index < -0.39 is 0 Å². The van der Waals surface area contributed by atoms with Crippen molar-refractivity contribution in [2.45, 2.75) is 267 Å². The fourth-order valence-electron chi connectivity index (χ4n) is 11.9. The summed E-state index contributed by atoms with van der Waals surface area (Å²) in [6.07, 6.45) is 26.1. The van der Waals surface area contributed by atoms with Crippen molar-refractivity contribution in [3.05, 3.63) is 48.6 Å². The molecule has 0 bridgehead atoms. The lowest BCUT2D eigenvalue weighted by atomic mass is 9.80. The molecule has 0 aliphatic carbocycles. The lowest BCUT2D eigenvalue weighted by Crippen LogP contribution is -2.13. The first kappa shape index (κ1) is 65.0. The zero-order chi connectivity index (χ0) is 49.7. The van der Waals surface area contributed by atoms with E-state index in [2.05, 4.69) is 165 Å². The minimum atomic E-state index is 0.599. The standard InChI is InChI=1S/C34H66.C30H58/c1-13-26(4)20-28(6)21-29(7)22-30(8)24-34(12)32(10)18-16-14-15-17-31(9)33(11)23-27(5)19-25(2)3;1-13-22(4)15-24(6)16-25(7)17-26(8)19-28(10)30(12)20-29(11)27(9)18-23(5)14-21(2)3/h25-30,33-34H,9-10,13-24H2,1-8,11-12H3;21-28H,11-20H2,1-10H3. The minimum Gasteiger partial charge on any atom is -0.0996 e. The fourth-order valence-corrected chi connectivity index (χ4v) is 11.9. The number of unbranched alkanes of at least 4 members (excludes halogenated alkanes) is 2. The van der Waals surface area contributed by atoms with Gasteiger partial charge in [-0.1, -0.05) is 206 Å². The number of allylic oxidation sites excluding steroid dienone is 4. The van der Waals surface area contributed by atoms with Crippen molar-refractivity contribution in [1.29, 1.82) is 0 Å². The maximum atomic E-state index is 4.48. The minimum absolute atomic E-state index is 0.599. The first-order chi connectivity index (χ1) is 29.7. The van der Waals surface area contributed by atoms with Crippen LogP contribution in [0.15, 0.2) is 48.6 Å². The third-order valence-corrected chi connectivity index (χ3v) is 15.7. The maximum Gasteiger partial charge on any atom is -0.0109 e. The molecule has 0 spiro atoms. The van der Waals surface area contributed by atoms with Crippen molar-refractivity contribution >= 4 is 0 Å². The lowest BCUT2D eigenvalue weighted by Gasteiger charge is -2.26. The molecule has 0 saturated carbocycles. The zero-order valence-corrected chi connectivity index (χ0v) is 48.2. The predicted molar refractivity (Wildman–Crippen MR) is 298 cm³/mol. The van der Waals surface area contributed by atoms with E-state index in [-0.39, 0.29) is 0 Å². The molecule has 0 nitrogen and oxygen atoms in total. The van der Waals surface area contributed by atoms with Gasteiger partial charge in [0.15, 0.2) is 0 Å². The van der Waals surface area contributed by atoms with Crippen molar-refractivity contribution in [3.63, 3.8) is 0 Å². The SMILES string of the molecule is C=C(CC(=C)C(C)CC(C)CC(C)CC(C)CC(C)CC)C(C)CC(C)CC(C)C.C=C(CCCCCC(=C)C(C)CC(C)CC(C)CC(C)CC(C)CC)C(C)CC(C)CC(C)C. The van der Waals surface area contributed by atoms with E-state index in [0.717, 1.165) is 77.4 Å². The summed E-state index contributed by atoms with van der Waals surface area (Å²) in [7, 11) is 0. The van der Waals surface area contributed by atoms with Gasteiger partial charge in [-0.2, -0.15) is 0 Å². The largest absolute Gasteiger partial charge is 0.0996 e. The van der Waals surface area contributed by atoms with E-state index in [1.165, 1.54) is 144 Å². The molecular weight excluding hydrogens is 769 g/mol. The van der Waals surface area contributed by atoms with Gasteiger partial charge in [-0.15, -0.1) is 0 Å². The first-order valence-corrected chi connectivity index (χ1v) is 28.4. The molecule has 380 valence electrons. The van der Waals surface area contributed by atoms with Crippen LogP contribution in [0, 0.1) is 94.7 Å². The number of hydrogen-bond acceptors (Lipinski definition) is 0. The highest BCUT2D eigenvalue weighted by atomic mass is 14.3. The van der Waals surface area contributed by atoms with Crippen LogP contribution in [0.3, 0.4) is 0 Å². The Labute approximate surface area is 408 Å². The summed E-state index contributed by atoms with van der Waals surface area (Å²) in [5.74, 6) is 12.5. The molecule has 0 aromatic rings. The highest BCUT2D eigenvalue weighted by Crippen LogP contribution is 2.34. The summed E-state index contributed by atoms with van der Waals surface area (Å²) in [5.41, 5.74) is 5.75.